The van der Waals surface area contributed by atoms with Crippen molar-refractivity contribution in [2.45, 2.75) is 52.5 Å². The molecule has 2 aromatic heterocycles. The Labute approximate surface area is 176 Å². The maximum atomic E-state index is 13.2. The summed E-state index contributed by atoms with van der Waals surface area (Å²) in [5.41, 5.74) is 3.60. The van der Waals surface area contributed by atoms with Crippen LogP contribution in [0.25, 0.3) is 11.0 Å². The highest BCUT2D eigenvalue weighted by molar-refractivity contribution is 6.12. The average molecular weight is 406 g/mol. The maximum Gasteiger partial charge on any atom is 0.256 e. The van der Waals surface area contributed by atoms with Crippen LogP contribution in [0.15, 0.2) is 36.5 Å². The minimum Gasteiger partial charge on any atom is -0.322 e. The zero-order valence-electron chi connectivity index (χ0n) is 17.8. The van der Waals surface area contributed by atoms with E-state index >= 15 is 0 Å². The number of hydrogen-bond donors (Lipinski definition) is 1. The average Bonchev–Trinajstić information content (AvgIpc) is 3.33. The lowest BCUT2D eigenvalue weighted by molar-refractivity contribution is -0.117. The molecule has 2 amide bonds. The molecule has 3 heterocycles. The maximum absolute atomic E-state index is 13.2. The number of pyridine rings is 1. The van der Waals surface area contributed by atoms with Crippen molar-refractivity contribution in [1.29, 1.82) is 0 Å². The molecule has 0 bridgehead atoms. The molecule has 0 aliphatic carbocycles. The highest BCUT2D eigenvalue weighted by Gasteiger charge is 2.23. The number of nitrogens with zero attached hydrogens (tertiary/aromatic N) is 4. The number of rotatable bonds is 5. The first-order valence-corrected chi connectivity index (χ1v) is 10.4. The zero-order valence-corrected chi connectivity index (χ0v) is 17.8. The van der Waals surface area contributed by atoms with Crippen LogP contribution >= 0.6 is 0 Å². The van der Waals surface area contributed by atoms with E-state index in [0.29, 0.717) is 24.2 Å². The van der Waals surface area contributed by atoms with E-state index in [2.05, 4.69) is 24.3 Å². The molecule has 30 heavy (non-hydrogen) atoms. The Balaban J connectivity index is 1.69. The molecule has 1 N–H and O–H groups in total. The molecule has 0 radical (unpaired) electrons. The van der Waals surface area contributed by atoms with Crippen LogP contribution in [0.1, 0.15) is 68.5 Å². The van der Waals surface area contributed by atoms with Gasteiger partial charge in [-0.3, -0.25) is 9.59 Å². The third-order valence-electron chi connectivity index (χ3n) is 5.40. The van der Waals surface area contributed by atoms with E-state index in [4.69, 9.17) is 4.98 Å². The van der Waals surface area contributed by atoms with Gasteiger partial charge in [-0.25, -0.2) is 9.67 Å². The summed E-state index contributed by atoms with van der Waals surface area (Å²) in [6.45, 7) is 8.92. The van der Waals surface area contributed by atoms with Gasteiger partial charge in [0.1, 0.15) is 0 Å². The van der Waals surface area contributed by atoms with Crippen molar-refractivity contribution in [2.75, 3.05) is 16.8 Å². The fourth-order valence-corrected chi connectivity index (χ4v) is 3.77. The van der Waals surface area contributed by atoms with Crippen molar-refractivity contribution in [3.05, 3.63) is 47.8 Å². The van der Waals surface area contributed by atoms with Crippen molar-refractivity contribution in [3.63, 3.8) is 0 Å². The van der Waals surface area contributed by atoms with Gasteiger partial charge >= 0.3 is 0 Å². The fourth-order valence-electron chi connectivity index (χ4n) is 3.77. The quantitative estimate of drug-likeness (QED) is 0.677. The fraction of sp³-hybridized carbons (Fsp3) is 0.391. The topological polar surface area (TPSA) is 80.1 Å². The number of anilines is 2. The first-order chi connectivity index (χ1) is 14.3. The Hall–Kier alpha value is -3.22. The van der Waals surface area contributed by atoms with Crippen molar-refractivity contribution < 1.29 is 9.59 Å². The van der Waals surface area contributed by atoms with E-state index in [1.165, 1.54) is 0 Å². The molecule has 4 rings (SSSR count). The molecular weight excluding hydrogens is 378 g/mol. The molecule has 156 valence electrons. The van der Waals surface area contributed by atoms with Crippen LogP contribution in [0.2, 0.25) is 0 Å². The number of nitrogens with one attached hydrogen (secondary N) is 1. The van der Waals surface area contributed by atoms with Gasteiger partial charge in [-0.05, 0) is 50.5 Å². The van der Waals surface area contributed by atoms with Gasteiger partial charge in [0, 0.05) is 36.1 Å². The van der Waals surface area contributed by atoms with Crippen LogP contribution in [0.4, 0.5) is 11.4 Å². The summed E-state index contributed by atoms with van der Waals surface area (Å²) < 4.78 is 1.84. The summed E-state index contributed by atoms with van der Waals surface area (Å²) in [7, 11) is 0. The number of benzene rings is 1. The van der Waals surface area contributed by atoms with Crippen molar-refractivity contribution in [3.8, 4) is 0 Å². The van der Waals surface area contributed by atoms with Gasteiger partial charge in [0.05, 0.1) is 17.1 Å². The highest BCUT2D eigenvalue weighted by atomic mass is 16.2. The Kier molecular flexibility index (Phi) is 5.28. The summed E-state index contributed by atoms with van der Waals surface area (Å²) in [5.74, 6) is 0.0930. The third kappa shape index (κ3) is 3.67. The number of amides is 2. The number of aromatic nitrogens is 3. The van der Waals surface area contributed by atoms with E-state index < -0.39 is 0 Å². The molecule has 1 fully saturated rings. The minimum absolute atomic E-state index is 0.122. The van der Waals surface area contributed by atoms with Crippen molar-refractivity contribution >= 4 is 34.2 Å². The molecule has 7 heteroatoms. The van der Waals surface area contributed by atoms with Gasteiger partial charge in [0.2, 0.25) is 5.91 Å². The number of carbonyl (C=O) groups excluding carboxylic acids is 2. The second-order valence-corrected chi connectivity index (χ2v) is 8.32. The summed E-state index contributed by atoms with van der Waals surface area (Å²) in [4.78, 5) is 31.8. The summed E-state index contributed by atoms with van der Waals surface area (Å²) >= 11 is 0. The second-order valence-electron chi connectivity index (χ2n) is 8.32. The third-order valence-corrected chi connectivity index (χ3v) is 5.40. The Bertz CT molecular complexity index is 1120. The van der Waals surface area contributed by atoms with E-state index in [1.54, 1.807) is 11.1 Å². The summed E-state index contributed by atoms with van der Waals surface area (Å²) in [6.07, 6.45) is 3.15. The summed E-state index contributed by atoms with van der Waals surface area (Å²) in [6, 6.07) is 9.43. The largest absolute Gasteiger partial charge is 0.322 e. The zero-order chi connectivity index (χ0) is 21.4. The molecule has 3 aromatic rings. The van der Waals surface area contributed by atoms with Crippen LogP contribution in [-0.2, 0) is 4.79 Å². The predicted octanol–water partition coefficient (Wildman–Crippen LogP) is 4.51. The molecule has 0 unspecified atom stereocenters. The SMILES string of the molecule is CC(C)c1cc(C(=O)Nc2cccc(N3CCCC3=O)c2)c2cnn(C(C)C)c2n1. The number of hydrogen-bond acceptors (Lipinski definition) is 4. The number of fused-ring (bicyclic) bond motifs is 1. The Morgan fingerprint density at radius 3 is 2.63 bits per heavy atom. The molecule has 1 aromatic carbocycles. The van der Waals surface area contributed by atoms with Crippen LogP contribution in [0, 0.1) is 0 Å². The lowest BCUT2D eigenvalue weighted by Gasteiger charge is -2.17. The van der Waals surface area contributed by atoms with Crippen molar-refractivity contribution in [2.24, 2.45) is 0 Å². The molecule has 1 aliphatic rings. The van der Waals surface area contributed by atoms with Gasteiger partial charge in [0.25, 0.3) is 5.91 Å². The van der Waals surface area contributed by atoms with E-state index in [-0.39, 0.29) is 23.8 Å². The Morgan fingerprint density at radius 1 is 1.17 bits per heavy atom. The van der Waals surface area contributed by atoms with E-state index in [0.717, 1.165) is 28.8 Å². The molecule has 0 atom stereocenters. The first-order valence-electron chi connectivity index (χ1n) is 10.4. The number of carbonyl (C=O) groups is 2. The van der Waals surface area contributed by atoms with E-state index in [9.17, 15) is 9.59 Å². The van der Waals surface area contributed by atoms with Gasteiger partial charge in [-0.1, -0.05) is 19.9 Å². The normalized spacial score (nSPS) is 14.3. The molecule has 1 aliphatic heterocycles. The van der Waals surface area contributed by atoms with Crippen LogP contribution in [-0.4, -0.2) is 33.1 Å². The first kappa shape index (κ1) is 20.1. The highest BCUT2D eigenvalue weighted by Crippen LogP contribution is 2.27. The predicted molar refractivity (Wildman–Crippen MR) is 118 cm³/mol. The Morgan fingerprint density at radius 2 is 1.97 bits per heavy atom. The van der Waals surface area contributed by atoms with Crippen LogP contribution in [0.3, 0.4) is 0 Å². The minimum atomic E-state index is -0.211. The summed E-state index contributed by atoms with van der Waals surface area (Å²) in [5, 5.41) is 8.17. The van der Waals surface area contributed by atoms with Gasteiger partial charge in [-0.15, -0.1) is 0 Å². The van der Waals surface area contributed by atoms with Crippen molar-refractivity contribution in [1.82, 2.24) is 14.8 Å². The second kappa shape index (κ2) is 7.89. The van der Waals surface area contributed by atoms with Gasteiger partial charge < -0.3 is 10.2 Å². The lowest BCUT2D eigenvalue weighted by Crippen LogP contribution is -2.23. The van der Waals surface area contributed by atoms with Gasteiger partial charge in [-0.2, -0.15) is 5.10 Å². The van der Waals surface area contributed by atoms with Gasteiger partial charge in [0.15, 0.2) is 5.65 Å². The molecule has 0 spiro atoms. The monoisotopic (exact) mass is 405 g/mol. The molecule has 7 nitrogen and oxygen atoms in total. The standard InChI is InChI=1S/C23H27N5O2/c1-14(2)20-12-18(19-13-24-28(15(3)4)22(19)26-20)23(30)25-16-7-5-8-17(11-16)27-10-6-9-21(27)29/h5,7-8,11-15H,6,9-10H2,1-4H3,(H,25,30). The van der Waals surface area contributed by atoms with E-state index in [1.807, 2.05) is 48.9 Å². The lowest BCUT2D eigenvalue weighted by atomic mass is 10.0. The van der Waals surface area contributed by atoms with Crippen LogP contribution in [0.5, 0.6) is 0 Å². The molecule has 0 saturated carbocycles. The molecule has 1 saturated heterocycles. The molecular formula is C23H27N5O2. The smallest absolute Gasteiger partial charge is 0.256 e. The van der Waals surface area contributed by atoms with Crippen LogP contribution < -0.4 is 10.2 Å².